The number of carbonyl (C=O) groups excluding carboxylic acids is 1. The number of rotatable bonds is 6. The van der Waals surface area contributed by atoms with Crippen molar-refractivity contribution in [1.29, 1.82) is 0 Å². The Morgan fingerprint density at radius 3 is 2.37 bits per heavy atom. The third-order valence-electron chi connectivity index (χ3n) is 3.84. The molecule has 1 rings (SSSR count). The molecule has 0 aromatic carbocycles. The fourth-order valence-electron chi connectivity index (χ4n) is 2.35. The van der Waals surface area contributed by atoms with Gasteiger partial charge in [0.15, 0.2) is 0 Å². The van der Waals surface area contributed by atoms with Gasteiger partial charge >= 0.3 is 5.97 Å². The molecular formula is C14H25NO4. The molecule has 0 aromatic heterocycles. The molecule has 1 N–H and O–H groups in total. The number of hydrogen-bond donors (Lipinski definition) is 1. The molecule has 1 saturated carbocycles. The lowest BCUT2D eigenvalue weighted by Gasteiger charge is -2.30. The van der Waals surface area contributed by atoms with E-state index in [0.717, 1.165) is 25.7 Å². The van der Waals surface area contributed by atoms with Crippen LogP contribution in [0.5, 0.6) is 0 Å². The predicted molar refractivity (Wildman–Crippen MR) is 71.9 cm³/mol. The molecule has 110 valence electrons. The summed E-state index contributed by atoms with van der Waals surface area (Å²) < 4.78 is 5.87. The quantitative estimate of drug-likeness (QED) is 0.803. The van der Waals surface area contributed by atoms with E-state index in [1.807, 2.05) is 6.92 Å². The zero-order valence-corrected chi connectivity index (χ0v) is 12.1. The van der Waals surface area contributed by atoms with Crippen molar-refractivity contribution in [3.05, 3.63) is 0 Å². The highest BCUT2D eigenvalue weighted by Gasteiger charge is 2.29. The van der Waals surface area contributed by atoms with Gasteiger partial charge in [-0.05, 0) is 26.2 Å². The Hall–Kier alpha value is -1.10. The van der Waals surface area contributed by atoms with Crippen LogP contribution in [0, 0.1) is 0 Å². The van der Waals surface area contributed by atoms with Gasteiger partial charge in [-0.15, -0.1) is 0 Å². The van der Waals surface area contributed by atoms with Gasteiger partial charge in [-0.2, -0.15) is 0 Å². The van der Waals surface area contributed by atoms with Crippen molar-refractivity contribution in [1.82, 2.24) is 4.90 Å². The van der Waals surface area contributed by atoms with Crippen molar-refractivity contribution >= 4 is 11.9 Å². The molecule has 1 fully saturated rings. The third kappa shape index (κ3) is 4.49. The number of ether oxygens (including phenoxy) is 1. The van der Waals surface area contributed by atoms with E-state index >= 15 is 0 Å². The average Bonchev–Trinajstić information content (AvgIpc) is 2.43. The molecule has 1 aliphatic rings. The Morgan fingerprint density at radius 1 is 1.32 bits per heavy atom. The van der Waals surface area contributed by atoms with Crippen LogP contribution in [0.4, 0.5) is 0 Å². The number of carbonyl (C=O) groups is 2. The van der Waals surface area contributed by atoms with Gasteiger partial charge in [-0.3, -0.25) is 4.79 Å². The van der Waals surface area contributed by atoms with E-state index in [1.165, 1.54) is 25.3 Å². The van der Waals surface area contributed by atoms with Crippen molar-refractivity contribution in [2.45, 2.75) is 70.6 Å². The number of amides is 1. The molecule has 5 heteroatoms. The molecule has 1 aliphatic carbocycles. The van der Waals surface area contributed by atoms with Gasteiger partial charge in [0.1, 0.15) is 12.1 Å². The normalized spacial score (nSPS) is 19.7. The first-order valence-electron chi connectivity index (χ1n) is 7.12. The van der Waals surface area contributed by atoms with Crippen LogP contribution in [-0.4, -0.2) is 47.2 Å². The van der Waals surface area contributed by atoms with Crippen LogP contribution in [0.3, 0.4) is 0 Å². The van der Waals surface area contributed by atoms with E-state index in [9.17, 15) is 9.59 Å². The zero-order valence-electron chi connectivity index (χ0n) is 12.1. The minimum atomic E-state index is -0.997. The summed E-state index contributed by atoms with van der Waals surface area (Å²) in [6.07, 6.45) is 5.75. The topological polar surface area (TPSA) is 66.8 Å². The Labute approximate surface area is 114 Å². The summed E-state index contributed by atoms with van der Waals surface area (Å²) in [4.78, 5) is 24.4. The van der Waals surface area contributed by atoms with Crippen molar-refractivity contribution in [3.8, 4) is 0 Å². The molecule has 0 aromatic rings. The lowest BCUT2D eigenvalue weighted by molar-refractivity contribution is -0.157. The van der Waals surface area contributed by atoms with E-state index in [1.54, 1.807) is 0 Å². The fraction of sp³-hybridized carbons (Fsp3) is 0.857. The second kappa shape index (κ2) is 7.48. The Morgan fingerprint density at radius 2 is 1.89 bits per heavy atom. The Kier molecular flexibility index (Phi) is 6.28. The molecule has 0 radical (unpaired) electrons. The van der Waals surface area contributed by atoms with Gasteiger partial charge in [0.05, 0.1) is 6.10 Å². The van der Waals surface area contributed by atoms with Gasteiger partial charge in [0.25, 0.3) is 5.91 Å². The summed E-state index contributed by atoms with van der Waals surface area (Å²) >= 11 is 0. The summed E-state index contributed by atoms with van der Waals surface area (Å²) in [5.74, 6) is -1.23. The molecule has 0 aliphatic heterocycles. The van der Waals surface area contributed by atoms with E-state index < -0.39 is 18.1 Å². The number of nitrogens with zero attached hydrogens (tertiary/aromatic N) is 1. The van der Waals surface area contributed by atoms with Gasteiger partial charge in [0, 0.05) is 7.05 Å². The Balaban J connectivity index is 2.57. The maximum Gasteiger partial charge on any atom is 0.326 e. The van der Waals surface area contributed by atoms with Crippen molar-refractivity contribution in [3.63, 3.8) is 0 Å². The average molecular weight is 271 g/mol. The highest BCUT2D eigenvalue weighted by atomic mass is 16.5. The maximum absolute atomic E-state index is 12.2. The second-order valence-electron chi connectivity index (χ2n) is 5.26. The number of aliphatic carboxylic acids is 1. The van der Waals surface area contributed by atoms with Gasteiger partial charge in [-0.1, -0.05) is 26.2 Å². The SMILES string of the molecule is CCC(OC1CCCCC1)C(=O)N(C)C(C)C(=O)O. The smallest absolute Gasteiger partial charge is 0.326 e. The summed E-state index contributed by atoms with van der Waals surface area (Å²) in [6, 6.07) is -0.823. The monoisotopic (exact) mass is 271 g/mol. The summed E-state index contributed by atoms with van der Waals surface area (Å²) in [7, 11) is 1.52. The van der Waals surface area contributed by atoms with Crippen LogP contribution < -0.4 is 0 Å². The molecule has 19 heavy (non-hydrogen) atoms. The van der Waals surface area contributed by atoms with Crippen LogP contribution in [0.1, 0.15) is 52.4 Å². The van der Waals surface area contributed by atoms with Gasteiger partial charge in [-0.25, -0.2) is 4.79 Å². The molecule has 1 amide bonds. The van der Waals surface area contributed by atoms with Gasteiger partial charge < -0.3 is 14.7 Å². The lowest BCUT2D eigenvalue weighted by atomic mass is 9.97. The van der Waals surface area contributed by atoms with Crippen LogP contribution in [0.2, 0.25) is 0 Å². The fourth-order valence-corrected chi connectivity index (χ4v) is 2.35. The summed E-state index contributed by atoms with van der Waals surface area (Å²) in [5.41, 5.74) is 0. The van der Waals surface area contributed by atoms with Crippen LogP contribution >= 0.6 is 0 Å². The number of carboxylic acid groups (broad SMARTS) is 1. The molecule has 0 saturated heterocycles. The molecule has 0 spiro atoms. The molecule has 0 heterocycles. The van der Waals surface area contributed by atoms with Crippen molar-refractivity contribution < 1.29 is 19.4 Å². The number of carboxylic acids is 1. The Bertz CT molecular complexity index is 313. The second-order valence-corrected chi connectivity index (χ2v) is 5.26. The van der Waals surface area contributed by atoms with Crippen molar-refractivity contribution in [2.24, 2.45) is 0 Å². The highest BCUT2D eigenvalue weighted by Crippen LogP contribution is 2.22. The number of hydrogen-bond acceptors (Lipinski definition) is 3. The van der Waals surface area contributed by atoms with Crippen LogP contribution in [-0.2, 0) is 14.3 Å². The molecular weight excluding hydrogens is 246 g/mol. The minimum absolute atomic E-state index is 0.149. The van der Waals surface area contributed by atoms with E-state index in [4.69, 9.17) is 9.84 Å². The molecule has 2 atom stereocenters. The first-order chi connectivity index (χ1) is 8.97. The molecule has 0 bridgehead atoms. The third-order valence-corrected chi connectivity index (χ3v) is 3.84. The summed E-state index contributed by atoms with van der Waals surface area (Å²) in [6.45, 7) is 3.40. The number of likely N-dealkylation sites (N-methyl/N-ethyl adjacent to an activating group) is 1. The van der Waals surface area contributed by atoms with Crippen LogP contribution in [0.25, 0.3) is 0 Å². The minimum Gasteiger partial charge on any atom is -0.480 e. The first kappa shape index (κ1) is 16.0. The van der Waals surface area contributed by atoms with E-state index in [2.05, 4.69) is 0 Å². The maximum atomic E-state index is 12.2. The van der Waals surface area contributed by atoms with Crippen molar-refractivity contribution in [2.75, 3.05) is 7.05 Å². The van der Waals surface area contributed by atoms with Crippen LogP contribution in [0.15, 0.2) is 0 Å². The lowest BCUT2D eigenvalue weighted by Crippen LogP contribution is -2.46. The predicted octanol–water partition coefficient (Wildman–Crippen LogP) is 2.05. The van der Waals surface area contributed by atoms with E-state index in [0.29, 0.717) is 6.42 Å². The first-order valence-corrected chi connectivity index (χ1v) is 7.12. The van der Waals surface area contributed by atoms with Gasteiger partial charge in [0.2, 0.25) is 0 Å². The largest absolute Gasteiger partial charge is 0.480 e. The molecule has 5 nitrogen and oxygen atoms in total. The summed E-state index contributed by atoms with van der Waals surface area (Å²) in [5, 5.41) is 8.94. The standard InChI is InChI=1S/C14H25NO4/c1-4-12(19-11-8-6-5-7-9-11)13(16)15(3)10(2)14(17)18/h10-12H,4-9H2,1-3H3,(H,17,18). The van der Waals surface area contributed by atoms with E-state index in [-0.39, 0.29) is 12.0 Å². The molecule has 2 unspecified atom stereocenters. The highest BCUT2D eigenvalue weighted by molar-refractivity contribution is 5.85. The zero-order chi connectivity index (χ0) is 14.4.